The van der Waals surface area contributed by atoms with Gasteiger partial charge in [0, 0.05) is 48.3 Å². The molecule has 2 aromatic heterocycles. The molecule has 0 atom stereocenters. The van der Waals surface area contributed by atoms with Crippen LogP contribution in [0, 0.1) is 5.41 Å². The van der Waals surface area contributed by atoms with Gasteiger partial charge in [-0.3, -0.25) is 5.41 Å². The third-order valence-corrected chi connectivity index (χ3v) is 13.9. The van der Waals surface area contributed by atoms with E-state index in [0.29, 0.717) is 11.4 Å². The second-order valence-electron chi connectivity index (χ2n) is 16.9. The summed E-state index contributed by atoms with van der Waals surface area (Å²) in [6.45, 7) is 0. The third-order valence-electron chi connectivity index (χ3n) is 12.7. The van der Waals surface area contributed by atoms with Crippen LogP contribution in [0.5, 0.6) is 0 Å². The summed E-state index contributed by atoms with van der Waals surface area (Å²) in [6.07, 6.45) is 1.88. The molecule has 1 N–H and O–H groups in total. The summed E-state index contributed by atoms with van der Waals surface area (Å²) in [5.74, 6) is 0.533. The van der Waals surface area contributed by atoms with E-state index in [9.17, 15) is 5.41 Å². The average molecular weight is 888 g/mol. The fraction of sp³-hybridized carbons (Fsp3) is 0. The Balaban J connectivity index is 0.961. The van der Waals surface area contributed by atoms with Crippen molar-refractivity contribution < 1.29 is 4.42 Å². The number of benzene rings is 10. The maximum atomic E-state index is 9.18. The third kappa shape index (κ3) is 7.71. The molecule has 0 spiro atoms. The summed E-state index contributed by atoms with van der Waals surface area (Å²) in [5, 5.41) is 13.6. The molecular formula is C63H41N3OS. The number of aliphatic imine (C=N–C) groups is 2. The molecule has 0 bridgehead atoms. The van der Waals surface area contributed by atoms with Crippen LogP contribution in [-0.2, 0) is 0 Å². The van der Waals surface area contributed by atoms with Crippen LogP contribution in [0.1, 0.15) is 16.7 Å². The van der Waals surface area contributed by atoms with Gasteiger partial charge in [0.25, 0.3) is 0 Å². The lowest BCUT2D eigenvalue weighted by atomic mass is 9.90. The zero-order valence-corrected chi connectivity index (χ0v) is 37.6. The molecule has 5 heteroatoms. The van der Waals surface area contributed by atoms with Crippen molar-refractivity contribution >= 4 is 71.3 Å². The van der Waals surface area contributed by atoms with Gasteiger partial charge in [-0.1, -0.05) is 194 Å². The minimum atomic E-state index is 0.119. The summed E-state index contributed by atoms with van der Waals surface area (Å²) in [5.41, 5.74) is 15.2. The van der Waals surface area contributed by atoms with Crippen LogP contribution in [0.3, 0.4) is 0 Å². The zero-order chi connectivity index (χ0) is 45.4. The molecule has 0 radical (unpaired) electrons. The highest BCUT2D eigenvalue weighted by molar-refractivity contribution is 7.26. The standard InChI is InChI=1S/C63H41N3OS/c64-62(46-20-8-3-9-21-46)66-63(56-27-15-28-57-60(56)55-35-34-47(39-58(55)67-57)42-16-4-1-5-17-42)65-40-41-36-48(43-18-6-2-7-19-43)38-49(37-41)51-23-11-10-22-50(51)44-30-32-45(33-31-44)52-25-14-26-54-53-24-12-13-29-59(53)68-61(52)54/h1-40,64H. The molecule has 0 aliphatic heterocycles. The minimum absolute atomic E-state index is 0.119. The molecule has 4 nitrogen and oxygen atoms in total. The van der Waals surface area contributed by atoms with Gasteiger partial charge in [-0.15, -0.1) is 11.3 Å². The summed E-state index contributed by atoms with van der Waals surface area (Å²) in [6, 6.07) is 82.3. The number of rotatable bonds is 8. The summed E-state index contributed by atoms with van der Waals surface area (Å²) in [4.78, 5) is 10.2. The van der Waals surface area contributed by atoms with Crippen molar-refractivity contribution in [1.82, 2.24) is 0 Å². The van der Waals surface area contributed by atoms with Gasteiger partial charge < -0.3 is 4.42 Å². The van der Waals surface area contributed by atoms with E-state index in [0.717, 1.165) is 77.6 Å². The first-order valence-corrected chi connectivity index (χ1v) is 23.5. The normalized spacial score (nSPS) is 11.9. The average Bonchev–Trinajstić information content (AvgIpc) is 3.99. The van der Waals surface area contributed by atoms with E-state index in [-0.39, 0.29) is 5.84 Å². The Morgan fingerprint density at radius 2 is 1.01 bits per heavy atom. The van der Waals surface area contributed by atoms with E-state index in [1.807, 2.05) is 90.3 Å². The van der Waals surface area contributed by atoms with Crippen molar-refractivity contribution in [3.8, 4) is 55.6 Å². The van der Waals surface area contributed by atoms with Gasteiger partial charge in [-0.05, 0) is 104 Å². The van der Waals surface area contributed by atoms with Crippen LogP contribution < -0.4 is 0 Å². The predicted octanol–water partition coefficient (Wildman–Crippen LogP) is 17.2. The monoisotopic (exact) mass is 887 g/mol. The van der Waals surface area contributed by atoms with Crippen molar-refractivity contribution in [2.75, 3.05) is 0 Å². The first kappa shape index (κ1) is 40.7. The number of furan rings is 1. The quantitative estimate of drug-likeness (QED) is 0.120. The summed E-state index contributed by atoms with van der Waals surface area (Å²) < 4.78 is 9.15. The van der Waals surface area contributed by atoms with E-state index in [4.69, 9.17) is 14.4 Å². The second-order valence-corrected chi connectivity index (χ2v) is 17.9. The molecule has 320 valence electrons. The molecule has 2 heterocycles. The Morgan fingerprint density at radius 1 is 0.426 bits per heavy atom. The lowest BCUT2D eigenvalue weighted by Gasteiger charge is -2.14. The van der Waals surface area contributed by atoms with Crippen molar-refractivity contribution in [3.63, 3.8) is 0 Å². The molecule has 0 aliphatic rings. The lowest BCUT2D eigenvalue weighted by molar-refractivity contribution is 0.669. The Morgan fingerprint density at radius 3 is 1.78 bits per heavy atom. The maximum Gasteiger partial charge on any atom is 0.162 e. The lowest BCUT2D eigenvalue weighted by Crippen LogP contribution is -2.05. The van der Waals surface area contributed by atoms with Gasteiger partial charge in [0.05, 0.1) is 0 Å². The van der Waals surface area contributed by atoms with Crippen LogP contribution in [0.4, 0.5) is 0 Å². The number of nitrogens with one attached hydrogen (secondary N) is 1. The van der Waals surface area contributed by atoms with Crippen LogP contribution in [0.25, 0.3) is 97.7 Å². The predicted molar refractivity (Wildman–Crippen MR) is 288 cm³/mol. The molecule has 0 fully saturated rings. The number of amidine groups is 2. The van der Waals surface area contributed by atoms with E-state index >= 15 is 0 Å². The number of hydrogen-bond acceptors (Lipinski definition) is 3. The van der Waals surface area contributed by atoms with Gasteiger partial charge in [0.1, 0.15) is 11.2 Å². The molecular weight excluding hydrogens is 847 g/mol. The van der Waals surface area contributed by atoms with Crippen LogP contribution in [-0.4, -0.2) is 17.9 Å². The number of hydrogen-bond donors (Lipinski definition) is 1. The number of thiophene rings is 1. The molecule has 68 heavy (non-hydrogen) atoms. The molecule has 0 amide bonds. The van der Waals surface area contributed by atoms with Crippen molar-refractivity contribution in [2.24, 2.45) is 9.98 Å². The Bertz CT molecular complexity index is 3900. The Labute approximate surface area is 398 Å². The van der Waals surface area contributed by atoms with Gasteiger partial charge in [0.15, 0.2) is 11.7 Å². The molecule has 0 saturated heterocycles. The molecule has 12 aromatic rings. The highest BCUT2D eigenvalue weighted by Gasteiger charge is 2.18. The summed E-state index contributed by atoms with van der Waals surface area (Å²) in [7, 11) is 0. The largest absolute Gasteiger partial charge is 0.456 e. The minimum Gasteiger partial charge on any atom is -0.456 e. The smallest absolute Gasteiger partial charge is 0.162 e. The fourth-order valence-electron chi connectivity index (χ4n) is 9.35. The topological polar surface area (TPSA) is 61.7 Å². The molecule has 0 aliphatic carbocycles. The zero-order valence-electron chi connectivity index (χ0n) is 36.8. The maximum absolute atomic E-state index is 9.18. The highest BCUT2D eigenvalue weighted by Crippen LogP contribution is 2.42. The van der Waals surface area contributed by atoms with Gasteiger partial charge in [0.2, 0.25) is 0 Å². The second kappa shape index (κ2) is 17.6. The molecule has 0 unspecified atom stereocenters. The summed E-state index contributed by atoms with van der Waals surface area (Å²) >= 11 is 1.86. The number of nitrogens with zero attached hydrogens (tertiary/aromatic N) is 2. The molecule has 10 aromatic carbocycles. The first-order valence-electron chi connectivity index (χ1n) is 22.7. The molecule has 12 rings (SSSR count). The van der Waals surface area contributed by atoms with E-state index < -0.39 is 0 Å². The number of fused-ring (bicyclic) bond motifs is 6. The van der Waals surface area contributed by atoms with Crippen molar-refractivity contribution in [1.29, 1.82) is 5.41 Å². The van der Waals surface area contributed by atoms with Crippen LogP contribution in [0.2, 0.25) is 0 Å². The van der Waals surface area contributed by atoms with Gasteiger partial charge in [-0.2, -0.15) is 0 Å². The van der Waals surface area contributed by atoms with E-state index in [2.05, 4.69) is 164 Å². The van der Waals surface area contributed by atoms with E-state index in [1.165, 1.54) is 31.3 Å². The van der Waals surface area contributed by atoms with Crippen molar-refractivity contribution in [3.05, 3.63) is 253 Å². The van der Waals surface area contributed by atoms with Crippen LogP contribution in [0.15, 0.2) is 251 Å². The van der Waals surface area contributed by atoms with Gasteiger partial charge in [-0.25, -0.2) is 9.98 Å². The highest BCUT2D eigenvalue weighted by atomic mass is 32.1. The van der Waals surface area contributed by atoms with Crippen LogP contribution >= 0.6 is 11.3 Å². The fourth-order valence-corrected chi connectivity index (χ4v) is 10.6. The van der Waals surface area contributed by atoms with Gasteiger partial charge >= 0.3 is 0 Å². The van der Waals surface area contributed by atoms with Crippen molar-refractivity contribution in [2.45, 2.75) is 0 Å². The Kier molecular flexibility index (Phi) is 10.5. The molecule has 0 saturated carbocycles. The van der Waals surface area contributed by atoms with E-state index in [1.54, 1.807) is 0 Å². The SMILES string of the molecule is N=C(N=C(N=Cc1cc(-c2ccccc2)cc(-c2ccccc2-c2ccc(-c3cccc4c3sc3ccccc34)cc2)c1)c1cccc2oc3cc(-c4ccccc4)ccc3c12)c1ccccc1. The Hall–Kier alpha value is -8.77. The first-order chi connectivity index (χ1) is 33.6.